The topological polar surface area (TPSA) is 138 Å². The molecule has 1 aliphatic rings. The zero-order valence-electron chi connectivity index (χ0n) is 21.7. The highest BCUT2D eigenvalue weighted by atomic mass is 32.2. The molecule has 41 heavy (non-hydrogen) atoms. The number of imidazole rings is 1. The van der Waals surface area contributed by atoms with Crippen LogP contribution in [0.4, 0.5) is 0 Å². The Morgan fingerprint density at radius 3 is 2.22 bits per heavy atom. The Kier molecular flexibility index (Phi) is 6.94. The number of aromatic nitrogens is 2. The second-order valence-corrected chi connectivity index (χ2v) is 13.5. The van der Waals surface area contributed by atoms with Crippen molar-refractivity contribution < 1.29 is 21.6 Å². The molecule has 0 saturated carbocycles. The summed E-state index contributed by atoms with van der Waals surface area (Å²) in [6, 6.07) is 29.8. The van der Waals surface area contributed by atoms with Gasteiger partial charge >= 0.3 is 0 Å². The molecule has 9 nitrogen and oxygen atoms in total. The summed E-state index contributed by atoms with van der Waals surface area (Å²) < 4.78 is 56.2. The molecule has 4 aromatic carbocycles. The molecule has 3 N–H and O–H groups in total. The lowest BCUT2D eigenvalue weighted by molar-refractivity contribution is -0.118. The van der Waals surface area contributed by atoms with Gasteiger partial charge in [0.2, 0.25) is 26.0 Å². The first-order chi connectivity index (χ1) is 19.7. The van der Waals surface area contributed by atoms with E-state index >= 15 is 0 Å². The van der Waals surface area contributed by atoms with E-state index in [-0.39, 0.29) is 17.7 Å². The van der Waals surface area contributed by atoms with Gasteiger partial charge in [-0.25, -0.2) is 26.5 Å². The van der Waals surface area contributed by atoms with Crippen LogP contribution in [-0.4, -0.2) is 32.7 Å². The Hall–Kier alpha value is -4.32. The largest absolute Gasteiger partial charge is 0.340 e. The second kappa shape index (κ2) is 10.6. The van der Waals surface area contributed by atoms with Gasteiger partial charge in [0.05, 0.1) is 28.4 Å². The molecular weight excluding hydrogens is 560 g/mol. The van der Waals surface area contributed by atoms with E-state index in [0.717, 1.165) is 22.2 Å². The van der Waals surface area contributed by atoms with Crippen molar-refractivity contribution in [2.75, 3.05) is 0 Å². The minimum absolute atomic E-state index is 0.130. The zero-order valence-corrected chi connectivity index (χ0v) is 23.3. The maximum absolute atomic E-state index is 13.4. The molecule has 2 heterocycles. The van der Waals surface area contributed by atoms with Crippen LogP contribution < -0.4 is 9.44 Å². The molecule has 2 atom stereocenters. The molecule has 1 unspecified atom stereocenters. The predicted octanol–water partition coefficient (Wildman–Crippen LogP) is 4.38. The number of H-pyrrole nitrogens is 1. The number of hydrogen-bond acceptors (Lipinski definition) is 6. The fourth-order valence-electron chi connectivity index (χ4n) is 5.07. The Morgan fingerprint density at radius 1 is 0.878 bits per heavy atom. The first kappa shape index (κ1) is 26.9. The average molecular weight is 587 g/mol. The molecule has 5 aromatic rings. The maximum atomic E-state index is 13.4. The molecule has 1 aliphatic heterocycles. The quantitative estimate of drug-likeness (QED) is 0.247. The highest BCUT2D eigenvalue weighted by Crippen LogP contribution is 2.32. The van der Waals surface area contributed by atoms with Crippen LogP contribution in [0.15, 0.2) is 108 Å². The fourth-order valence-corrected chi connectivity index (χ4v) is 7.72. The van der Waals surface area contributed by atoms with E-state index in [1.807, 2.05) is 53.3 Å². The number of rotatable bonds is 8. The Morgan fingerprint density at radius 2 is 1.56 bits per heavy atom. The van der Waals surface area contributed by atoms with Crippen molar-refractivity contribution in [3.63, 3.8) is 0 Å². The summed E-state index contributed by atoms with van der Waals surface area (Å²) in [5.74, 6) is -0.0886. The molecule has 6 rings (SSSR count). The molecule has 1 fully saturated rings. The van der Waals surface area contributed by atoms with Gasteiger partial charge in [-0.2, -0.15) is 0 Å². The van der Waals surface area contributed by atoms with E-state index in [9.17, 15) is 21.6 Å². The predicted molar refractivity (Wildman–Crippen MR) is 156 cm³/mol. The minimum Gasteiger partial charge on any atom is -0.340 e. The molecule has 0 radical (unpaired) electrons. The average Bonchev–Trinajstić information content (AvgIpc) is 3.53. The number of amides is 1. The van der Waals surface area contributed by atoms with Crippen LogP contribution in [0.1, 0.15) is 34.7 Å². The molecule has 1 amide bonds. The molecule has 1 saturated heterocycles. The Bertz CT molecular complexity index is 1940. The minimum atomic E-state index is -3.91. The molecule has 0 aliphatic carbocycles. The number of benzene rings is 4. The SMILES string of the molecule is O=C1CC(c2ccc(C[C@H](NS(=O)(=O)c3ccccc3)c3nc4cccc(-c5ccccc5)c4[nH]3)cc2)S(=O)(=O)N1. The van der Waals surface area contributed by atoms with Gasteiger partial charge in [0.1, 0.15) is 11.1 Å². The summed E-state index contributed by atoms with van der Waals surface area (Å²) in [4.78, 5) is 20.0. The van der Waals surface area contributed by atoms with Crippen molar-refractivity contribution in [2.24, 2.45) is 0 Å². The summed E-state index contributed by atoms with van der Waals surface area (Å²) in [5, 5.41) is -0.955. The monoisotopic (exact) mass is 586 g/mol. The van der Waals surface area contributed by atoms with Gasteiger partial charge in [0.15, 0.2) is 0 Å². The number of para-hydroxylation sites is 1. The maximum Gasteiger partial charge on any atom is 0.242 e. The van der Waals surface area contributed by atoms with Crippen LogP contribution in [0.2, 0.25) is 0 Å². The third-order valence-electron chi connectivity index (χ3n) is 7.09. The van der Waals surface area contributed by atoms with Crippen molar-refractivity contribution in [3.8, 4) is 11.1 Å². The number of nitrogens with zero attached hydrogens (tertiary/aromatic N) is 1. The number of carbonyl (C=O) groups is 1. The zero-order chi connectivity index (χ0) is 28.6. The summed E-state index contributed by atoms with van der Waals surface area (Å²) in [7, 11) is -7.68. The van der Waals surface area contributed by atoms with Crippen molar-refractivity contribution in [1.29, 1.82) is 0 Å². The van der Waals surface area contributed by atoms with Gasteiger partial charge in [0, 0.05) is 5.56 Å². The normalized spacial score (nSPS) is 17.4. The molecule has 11 heteroatoms. The molecule has 1 aromatic heterocycles. The van der Waals surface area contributed by atoms with Crippen molar-refractivity contribution >= 4 is 37.0 Å². The van der Waals surface area contributed by atoms with Gasteiger partial charge in [-0.15, -0.1) is 0 Å². The van der Waals surface area contributed by atoms with Crippen LogP contribution in [-0.2, 0) is 31.3 Å². The number of hydrogen-bond donors (Lipinski definition) is 3. The van der Waals surface area contributed by atoms with Crippen LogP contribution in [0.5, 0.6) is 0 Å². The van der Waals surface area contributed by atoms with Crippen LogP contribution in [0, 0.1) is 0 Å². The van der Waals surface area contributed by atoms with Crippen LogP contribution in [0.25, 0.3) is 22.2 Å². The second-order valence-electron chi connectivity index (χ2n) is 9.88. The van der Waals surface area contributed by atoms with Crippen molar-refractivity contribution in [3.05, 3.63) is 120 Å². The standard InChI is InChI=1S/C30H26N4O5S2/c35-28-19-27(41(38,39)34-28)22-16-14-20(15-17-22)18-26(33-40(36,37)23-10-5-2-6-11-23)30-31-25-13-7-12-24(29(25)32-30)21-8-3-1-4-9-21/h1-17,26-27,33H,18-19H2,(H,31,32)(H,34,35)/t26-,27?/m0/s1. The van der Waals surface area contributed by atoms with E-state index < -0.39 is 37.2 Å². The lowest BCUT2D eigenvalue weighted by atomic mass is 10.0. The Balaban J connectivity index is 1.37. The van der Waals surface area contributed by atoms with Gasteiger partial charge in [-0.1, -0.05) is 84.9 Å². The summed E-state index contributed by atoms with van der Waals surface area (Å²) in [5.41, 5.74) is 4.68. The summed E-state index contributed by atoms with van der Waals surface area (Å²) >= 11 is 0. The number of sulfonamides is 2. The van der Waals surface area contributed by atoms with Crippen molar-refractivity contribution in [1.82, 2.24) is 19.4 Å². The number of fused-ring (bicyclic) bond motifs is 1. The lowest BCUT2D eigenvalue weighted by Crippen LogP contribution is -2.31. The number of nitrogens with one attached hydrogen (secondary N) is 3. The number of aromatic amines is 1. The van der Waals surface area contributed by atoms with Gasteiger partial charge in [-0.3, -0.25) is 9.52 Å². The summed E-state index contributed by atoms with van der Waals surface area (Å²) in [6.45, 7) is 0. The van der Waals surface area contributed by atoms with Gasteiger partial charge in [-0.05, 0) is 41.3 Å². The van der Waals surface area contributed by atoms with Crippen molar-refractivity contribution in [2.45, 2.75) is 29.0 Å². The Labute approximate surface area is 237 Å². The van der Waals surface area contributed by atoms with Crippen LogP contribution >= 0.6 is 0 Å². The smallest absolute Gasteiger partial charge is 0.242 e. The molecular formula is C30H26N4O5S2. The third-order valence-corrected chi connectivity index (χ3v) is 10.3. The lowest BCUT2D eigenvalue weighted by Gasteiger charge is -2.18. The van der Waals surface area contributed by atoms with Crippen LogP contribution in [0.3, 0.4) is 0 Å². The van der Waals surface area contributed by atoms with Gasteiger partial charge in [0.25, 0.3) is 0 Å². The summed E-state index contributed by atoms with van der Waals surface area (Å²) in [6.07, 6.45) is 0.103. The third kappa shape index (κ3) is 5.51. The highest BCUT2D eigenvalue weighted by Gasteiger charge is 2.37. The van der Waals surface area contributed by atoms with Gasteiger partial charge < -0.3 is 4.98 Å². The molecule has 208 valence electrons. The first-order valence-electron chi connectivity index (χ1n) is 12.9. The van der Waals surface area contributed by atoms with E-state index in [0.29, 0.717) is 16.9 Å². The van der Waals surface area contributed by atoms with E-state index in [4.69, 9.17) is 4.98 Å². The number of carbonyl (C=O) groups excluding carboxylic acids is 1. The van der Waals surface area contributed by atoms with E-state index in [1.54, 1.807) is 42.5 Å². The fraction of sp³-hybridized carbons (Fsp3) is 0.133. The first-order valence-corrected chi connectivity index (χ1v) is 16.0. The highest BCUT2D eigenvalue weighted by molar-refractivity contribution is 7.90. The van der Waals surface area contributed by atoms with E-state index in [1.165, 1.54) is 12.1 Å². The van der Waals surface area contributed by atoms with E-state index in [2.05, 4.69) is 9.71 Å². The molecule has 0 bridgehead atoms. The molecule has 0 spiro atoms.